The highest BCUT2D eigenvalue weighted by Crippen LogP contribution is 2.32. The Morgan fingerprint density at radius 1 is 1.04 bits per heavy atom. The van der Waals surface area contributed by atoms with Crippen molar-refractivity contribution in [2.24, 2.45) is 0 Å². The lowest BCUT2D eigenvalue weighted by molar-refractivity contribution is 0.199. The summed E-state index contributed by atoms with van der Waals surface area (Å²) < 4.78 is 0. The first-order valence-corrected chi connectivity index (χ1v) is 9.09. The van der Waals surface area contributed by atoms with Gasteiger partial charge in [-0.2, -0.15) is 5.10 Å². The zero-order valence-electron chi connectivity index (χ0n) is 14.2. The molecule has 5 rings (SSSR count). The van der Waals surface area contributed by atoms with E-state index >= 15 is 0 Å². The molecule has 0 amide bonds. The molecule has 0 spiro atoms. The van der Waals surface area contributed by atoms with Crippen LogP contribution in [0.25, 0.3) is 21.8 Å². The highest BCUT2D eigenvalue weighted by atomic mass is 15.2. The number of piperidine rings is 1. The Morgan fingerprint density at radius 2 is 1.88 bits per heavy atom. The van der Waals surface area contributed by atoms with Gasteiger partial charge in [0.05, 0.1) is 11.2 Å². The van der Waals surface area contributed by atoms with Gasteiger partial charge in [0.15, 0.2) is 0 Å². The zero-order valence-corrected chi connectivity index (χ0v) is 14.2. The second-order valence-electron chi connectivity index (χ2n) is 7.08. The molecule has 25 heavy (non-hydrogen) atoms. The van der Waals surface area contributed by atoms with Crippen molar-refractivity contribution in [1.29, 1.82) is 0 Å². The predicted molar refractivity (Wildman–Crippen MR) is 102 cm³/mol. The van der Waals surface area contributed by atoms with E-state index in [-0.39, 0.29) is 0 Å². The molecule has 1 fully saturated rings. The van der Waals surface area contributed by atoms with E-state index in [4.69, 9.17) is 0 Å². The van der Waals surface area contributed by atoms with Gasteiger partial charge in [-0.25, -0.2) is 0 Å². The number of nitrogens with zero attached hydrogens (tertiary/aromatic N) is 2. The monoisotopic (exact) mass is 330 g/mol. The number of rotatable bonds is 3. The van der Waals surface area contributed by atoms with Gasteiger partial charge in [0, 0.05) is 35.6 Å². The molecule has 1 saturated heterocycles. The van der Waals surface area contributed by atoms with Gasteiger partial charge in [-0.3, -0.25) is 10.00 Å². The van der Waals surface area contributed by atoms with Crippen molar-refractivity contribution < 1.29 is 0 Å². The van der Waals surface area contributed by atoms with Crippen molar-refractivity contribution in [3.8, 4) is 0 Å². The lowest BCUT2D eigenvalue weighted by atomic mass is 9.90. The van der Waals surface area contributed by atoms with Gasteiger partial charge in [-0.05, 0) is 43.0 Å². The van der Waals surface area contributed by atoms with E-state index in [2.05, 4.69) is 68.7 Å². The molecule has 0 radical (unpaired) electrons. The van der Waals surface area contributed by atoms with Crippen molar-refractivity contribution in [3.05, 3.63) is 66.0 Å². The summed E-state index contributed by atoms with van der Waals surface area (Å²) in [5.41, 5.74) is 5.00. The van der Waals surface area contributed by atoms with Gasteiger partial charge < -0.3 is 4.98 Å². The summed E-state index contributed by atoms with van der Waals surface area (Å²) in [4.78, 5) is 6.00. The highest BCUT2D eigenvalue weighted by Gasteiger charge is 2.24. The summed E-state index contributed by atoms with van der Waals surface area (Å²) in [7, 11) is 0. The maximum absolute atomic E-state index is 4.44. The largest absolute Gasteiger partial charge is 0.361 e. The van der Waals surface area contributed by atoms with Crippen LogP contribution >= 0.6 is 0 Å². The van der Waals surface area contributed by atoms with Crippen LogP contribution in [0.4, 0.5) is 0 Å². The number of benzene rings is 2. The van der Waals surface area contributed by atoms with E-state index in [0.29, 0.717) is 5.92 Å². The third-order valence-electron chi connectivity index (χ3n) is 5.49. The van der Waals surface area contributed by atoms with Gasteiger partial charge in [-0.1, -0.05) is 36.4 Å². The molecule has 1 atom stereocenters. The Hall–Kier alpha value is -2.59. The fourth-order valence-electron chi connectivity index (χ4n) is 4.24. The van der Waals surface area contributed by atoms with Crippen LogP contribution in [0.1, 0.15) is 30.0 Å². The molecular formula is C21H22N4. The molecule has 0 aliphatic carbocycles. The molecule has 3 heterocycles. The second-order valence-corrected chi connectivity index (χ2v) is 7.08. The van der Waals surface area contributed by atoms with Crippen molar-refractivity contribution >= 4 is 21.8 Å². The average molecular weight is 330 g/mol. The van der Waals surface area contributed by atoms with E-state index in [0.717, 1.165) is 25.2 Å². The number of aromatic nitrogens is 3. The first-order valence-electron chi connectivity index (χ1n) is 9.09. The molecule has 4 heteroatoms. The molecule has 4 nitrogen and oxygen atoms in total. The Balaban J connectivity index is 1.39. The minimum Gasteiger partial charge on any atom is -0.361 e. The van der Waals surface area contributed by atoms with Crippen LogP contribution in [0.3, 0.4) is 0 Å². The van der Waals surface area contributed by atoms with Crippen molar-refractivity contribution in [1.82, 2.24) is 20.1 Å². The first kappa shape index (κ1) is 14.7. The molecule has 4 aromatic rings. The standard InChI is InChI=1S/C21H22N4/c1-3-9-19-16(7-1)18(12-22-19)15-6-5-11-25(13-15)14-21-17-8-2-4-10-20(17)23-24-21/h1-4,7-10,12,15,22H,5-6,11,13-14H2,(H,23,24)/t15-/m0/s1. The number of hydrogen-bond donors (Lipinski definition) is 2. The second kappa shape index (κ2) is 6.05. The zero-order chi connectivity index (χ0) is 16.6. The number of nitrogens with one attached hydrogen (secondary N) is 2. The number of H-pyrrole nitrogens is 2. The predicted octanol–water partition coefficient (Wildman–Crippen LogP) is 4.42. The van der Waals surface area contributed by atoms with Crippen molar-refractivity contribution in [3.63, 3.8) is 0 Å². The summed E-state index contributed by atoms with van der Waals surface area (Å²) in [6.07, 6.45) is 4.72. The van der Waals surface area contributed by atoms with E-state index in [9.17, 15) is 0 Å². The third-order valence-corrected chi connectivity index (χ3v) is 5.49. The van der Waals surface area contributed by atoms with Crippen LogP contribution in [-0.4, -0.2) is 33.2 Å². The summed E-state index contributed by atoms with van der Waals surface area (Å²) >= 11 is 0. The third kappa shape index (κ3) is 2.63. The van der Waals surface area contributed by atoms with Crippen molar-refractivity contribution in [2.75, 3.05) is 13.1 Å². The first-order chi connectivity index (χ1) is 12.4. The molecule has 0 saturated carbocycles. The summed E-state index contributed by atoms with van der Waals surface area (Å²) in [6, 6.07) is 17.0. The average Bonchev–Trinajstić information content (AvgIpc) is 3.27. The number of fused-ring (bicyclic) bond motifs is 2. The molecule has 1 aliphatic rings. The Labute approximate surface area is 146 Å². The summed E-state index contributed by atoms with van der Waals surface area (Å²) in [5.74, 6) is 0.596. The maximum atomic E-state index is 4.44. The van der Waals surface area contributed by atoms with E-state index in [1.54, 1.807) is 0 Å². The summed E-state index contributed by atoms with van der Waals surface area (Å²) in [6.45, 7) is 3.21. The Morgan fingerprint density at radius 3 is 2.84 bits per heavy atom. The Bertz CT molecular complexity index is 1010. The summed E-state index contributed by atoms with van der Waals surface area (Å²) in [5, 5.41) is 10.3. The van der Waals surface area contributed by atoms with E-state index in [1.807, 2.05) is 6.07 Å². The lowest BCUT2D eigenvalue weighted by Gasteiger charge is -2.32. The number of para-hydroxylation sites is 2. The molecule has 2 aromatic heterocycles. The van der Waals surface area contributed by atoms with Crippen LogP contribution in [0.15, 0.2) is 54.7 Å². The number of aromatic amines is 2. The normalized spacial score (nSPS) is 19.0. The van der Waals surface area contributed by atoms with Gasteiger partial charge in [0.2, 0.25) is 0 Å². The van der Waals surface area contributed by atoms with Crippen LogP contribution in [0.2, 0.25) is 0 Å². The maximum Gasteiger partial charge on any atom is 0.0924 e. The van der Waals surface area contributed by atoms with E-state index in [1.165, 1.54) is 40.4 Å². The van der Waals surface area contributed by atoms with Gasteiger partial charge in [0.1, 0.15) is 0 Å². The van der Waals surface area contributed by atoms with Crippen LogP contribution < -0.4 is 0 Å². The fourth-order valence-corrected chi connectivity index (χ4v) is 4.24. The van der Waals surface area contributed by atoms with E-state index < -0.39 is 0 Å². The van der Waals surface area contributed by atoms with Gasteiger partial charge in [0.25, 0.3) is 0 Å². The molecule has 2 aromatic carbocycles. The van der Waals surface area contributed by atoms with Crippen LogP contribution in [0.5, 0.6) is 0 Å². The minimum absolute atomic E-state index is 0.596. The van der Waals surface area contributed by atoms with Gasteiger partial charge >= 0.3 is 0 Å². The lowest BCUT2D eigenvalue weighted by Crippen LogP contribution is -2.34. The number of likely N-dealkylation sites (tertiary alicyclic amines) is 1. The van der Waals surface area contributed by atoms with Crippen molar-refractivity contribution in [2.45, 2.75) is 25.3 Å². The Kier molecular flexibility index (Phi) is 3.56. The molecule has 0 unspecified atom stereocenters. The quantitative estimate of drug-likeness (QED) is 0.584. The van der Waals surface area contributed by atoms with Crippen LogP contribution in [-0.2, 0) is 6.54 Å². The molecular weight excluding hydrogens is 308 g/mol. The minimum atomic E-state index is 0.596. The molecule has 2 N–H and O–H groups in total. The smallest absolute Gasteiger partial charge is 0.0924 e. The van der Waals surface area contributed by atoms with Gasteiger partial charge in [-0.15, -0.1) is 0 Å². The number of hydrogen-bond acceptors (Lipinski definition) is 2. The molecule has 0 bridgehead atoms. The SMILES string of the molecule is c1ccc2c(CN3CCC[C@H](c4c[nH]c5ccccc45)C3)[nH]nc2c1. The molecule has 1 aliphatic heterocycles. The topological polar surface area (TPSA) is 47.7 Å². The van der Waals surface area contributed by atoms with Crippen LogP contribution in [0, 0.1) is 0 Å². The highest BCUT2D eigenvalue weighted by molar-refractivity contribution is 5.83. The fraction of sp³-hybridized carbons (Fsp3) is 0.286. The molecule has 126 valence electrons.